The Balaban J connectivity index is 1.09. The molecule has 2 aromatic heterocycles. The van der Waals surface area contributed by atoms with Crippen molar-refractivity contribution < 1.29 is 102 Å². The number of aromatic nitrogens is 3. The average molecular weight is 1850 g/mol. The molecular formula is C89H119N21O21S. The Bertz CT molecular complexity index is 5170. The number of carbonyl (C=O) groups excluding carboxylic acids is 18. The van der Waals surface area contributed by atoms with Gasteiger partial charge < -0.3 is 120 Å². The van der Waals surface area contributed by atoms with Gasteiger partial charge in [-0.05, 0) is 91.6 Å². The Morgan fingerprint density at radius 3 is 1.77 bits per heavy atom. The van der Waals surface area contributed by atoms with E-state index < -0.39 is 254 Å². The van der Waals surface area contributed by atoms with Crippen LogP contribution in [-0.2, 0) is 112 Å². The van der Waals surface area contributed by atoms with E-state index in [2.05, 4.69) is 68.1 Å². The van der Waals surface area contributed by atoms with Crippen molar-refractivity contribution in [2.45, 2.75) is 221 Å². The molecule has 3 saturated heterocycles. The van der Waals surface area contributed by atoms with Gasteiger partial charge in [0.2, 0.25) is 106 Å². The maximum atomic E-state index is 15.7. The van der Waals surface area contributed by atoms with Crippen LogP contribution < -0.4 is 70.4 Å². The van der Waals surface area contributed by atoms with Crippen LogP contribution in [0, 0.1) is 0 Å². The number of fused-ring (bicyclic) bond motifs is 4. The highest BCUT2D eigenvalue weighted by Crippen LogP contribution is 2.28. The molecule has 0 aliphatic carbocycles. The van der Waals surface area contributed by atoms with E-state index in [1.807, 2.05) is 26.0 Å². The number of unbranched alkanes of at least 4 members (excludes halogenated alkanes) is 2. The van der Waals surface area contributed by atoms with Crippen LogP contribution in [0.3, 0.4) is 0 Å². The van der Waals surface area contributed by atoms with E-state index in [4.69, 9.17) is 17.2 Å². The molecule has 4 aromatic carbocycles. The Labute approximate surface area is 765 Å². The van der Waals surface area contributed by atoms with E-state index in [1.165, 1.54) is 71.8 Å². The molecule has 6 aromatic rings. The molecule has 0 radical (unpaired) electrons. The molecular weight excluding hydrogens is 1730 g/mol. The van der Waals surface area contributed by atoms with E-state index >= 15 is 33.6 Å². The number of hydrogen-bond acceptors (Lipinski definition) is 23. The van der Waals surface area contributed by atoms with Crippen LogP contribution >= 0.6 is 11.8 Å². The molecule has 42 nitrogen and oxygen atoms in total. The van der Waals surface area contributed by atoms with Crippen LogP contribution in [0.2, 0.25) is 0 Å². The van der Waals surface area contributed by atoms with Crippen LogP contribution in [0.1, 0.15) is 127 Å². The third kappa shape index (κ3) is 27.7. The summed E-state index contributed by atoms with van der Waals surface area (Å²) in [7, 11) is 3.90. The molecule has 3 aliphatic rings. The number of primary amides is 3. The minimum Gasteiger partial charge on any atom is -0.508 e. The maximum absolute atomic E-state index is 15.7. The number of nitrogens with one attached hydrogen (secondary N) is 12. The normalized spacial score (nSPS) is 25.0. The van der Waals surface area contributed by atoms with E-state index in [1.54, 1.807) is 60.8 Å². The fraction of sp³-hybridized carbons (Fsp3) is 0.494. The molecule has 132 heavy (non-hydrogen) atoms. The first kappa shape index (κ1) is 102. The third-order valence-electron chi connectivity index (χ3n) is 23.6. The summed E-state index contributed by atoms with van der Waals surface area (Å²) in [6, 6.07) is 2.62. The largest absolute Gasteiger partial charge is 0.508 e. The molecule has 0 spiro atoms. The Morgan fingerprint density at radius 1 is 0.530 bits per heavy atom. The van der Waals surface area contributed by atoms with Crippen molar-refractivity contribution in [3.05, 3.63) is 132 Å². The number of phenols is 1. The number of H-pyrrole nitrogens is 2. The number of carbonyl (C=O) groups is 18. The third-order valence-corrected chi connectivity index (χ3v) is 24.7. The first-order chi connectivity index (χ1) is 62.9. The number of para-hydroxylation sites is 1. The summed E-state index contributed by atoms with van der Waals surface area (Å²) in [5.74, 6) is -18.6. The quantitative estimate of drug-likeness (QED) is 0.0299. The topological polar surface area (TPSA) is 627 Å². The van der Waals surface area contributed by atoms with Gasteiger partial charge in [-0.3, -0.25) is 86.3 Å². The number of thioether (sulfide) groups is 1. The second-order valence-electron chi connectivity index (χ2n) is 33.3. The summed E-state index contributed by atoms with van der Waals surface area (Å²) in [6.45, 7) is 3.68. The molecule has 0 bridgehead atoms. The Morgan fingerprint density at radius 2 is 1.11 bits per heavy atom. The van der Waals surface area contributed by atoms with Crippen molar-refractivity contribution in [3.63, 3.8) is 0 Å². The number of likely N-dealkylation sites (N-methyl/N-ethyl adjacent to an activating group) is 3. The number of phenolic OH excluding ortho intramolecular Hbond substituents is 1. The zero-order chi connectivity index (χ0) is 96.3. The van der Waals surface area contributed by atoms with Crippen molar-refractivity contribution in [1.29, 1.82) is 0 Å². The maximum Gasteiger partial charge on any atom is 0.246 e. The summed E-state index contributed by atoms with van der Waals surface area (Å²) in [6.07, 6.45) is 0.848. The fourth-order valence-electron chi connectivity index (χ4n) is 16.1. The summed E-state index contributed by atoms with van der Waals surface area (Å²) in [5.41, 5.74) is 19.0. The first-order valence-corrected chi connectivity index (χ1v) is 45.0. The van der Waals surface area contributed by atoms with E-state index in [0.29, 0.717) is 58.7 Å². The monoisotopic (exact) mass is 1850 g/mol. The number of amides is 18. The summed E-state index contributed by atoms with van der Waals surface area (Å²) < 4.78 is 0. The summed E-state index contributed by atoms with van der Waals surface area (Å²) in [4.78, 5) is 276. The second kappa shape index (κ2) is 48.4. The highest BCUT2D eigenvalue weighted by atomic mass is 32.2. The zero-order valence-electron chi connectivity index (χ0n) is 74.6. The lowest BCUT2D eigenvalue weighted by Gasteiger charge is -2.36. The number of aliphatic hydroxyl groups excluding tert-OH is 2. The molecule has 5 heterocycles. The van der Waals surface area contributed by atoms with Gasteiger partial charge in [-0.2, -0.15) is 0 Å². The van der Waals surface area contributed by atoms with Crippen molar-refractivity contribution in [3.8, 4) is 5.75 Å². The van der Waals surface area contributed by atoms with Crippen LogP contribution in [0.5, 0.6) is 5.75 Å². The first-order valence-electron chi connectivity index (χ1n) is 43.8. The number of hydrogen-bond donors (Lipinski definition) is 18. The zero-order valence-corrected chi connectivity index (χ0v) is 75.4. The van der Waals surface area contributed by atoms with E-state index in [0.717, 1.165) is 41.6 Å². The number of rotatable bonds is 23. The van der Waals surface area contributed by atoms with Crippen molar-refractivity contribution in [1.82, 2.24) is 92.6 Å². The van der Waals surface area contributed by atoms with Crippen LogP contribution in [0.4, 0.5) is 0 Å². The standard InChI is InChI=1S/C89H119N21O21S/c1-8-10-24-68-82(124)97-48(3)76(118)105-67(78(120)95-42-74(92)116)45-132-46-75(117)98-63(34-50-27-29-55(112)30-28-50)85(127)106(5)49(4)77(119)102-65(39-73(91)115)88(130)109-33-17-26-69(109)83(125)101-62(37-54-41-93-47-96-54)80(122)99-60(31-32-72(90)114)87(129)110-43-56(113)38-71(110)84(126)100-61(36-53-40-94-59-23-15-14-22-58(53)59)79(121)104-66(44-111)81(123)103-64(35-52-20-16-19-51-18-12-13-21-57(51)52)86(128)108(7)70(25-11-9-2)89(131)107(68)6/h12-16,18-23,27-30,40-41,47-49,56,60-71,94,111-113H,8-11,17,24-26,31-39,42-46H2,1-7H3,(H2,90,114)(H2,91,115)(H2,92,116)(H,93,96)(H,95,120)(H,97,124)(H,98,117)(H,99,122)(H,100,126)(H,101,125)(H,102,119)(H,103,123)(H,104,121)(H,105,118)/t48-,49-,56+,60-,61-,62-,63-,64-,65-,66-,67-,68-,69-,70-,71-/m0/s1. The van der Waals surface area contributed by atoms with Gasteiger partial charge in [0.25, 0.3) is 0 Å². The molecule has 0 unspecified atom stereocenters. The highest BCUT2D eigenvalue weighted by molar-refractivity contribution is 8.00. The minimum atomic E-state index is -1.91. The van der Waals surface area contributed by atoms with Crippen LogP contribution in [-0.4, -0.2) is 311 Å². The van der Waals surface area contributed by atoms with Gasteiger partial charge in [0.05, 0.1) is 37.8 Å². The van der Waals surface area contributed by atoms with E-state index in [9.17, 15) is 68.1 Å². The summed E-state index contributed by atoms with van der Waals surface area (Å²) in [5, 5.41) is 60.7. The van der Waals surface area contributed by atoms with E-state index in [-0.39, 0.29) is 69.4 Å². The molecule has 3 fully saturated rings. The number of aromatic hydroxyl groups is 1. The lowest BCUT2D eigenvalue weighted by atomic mass is 9.97. The average Bonchev–Trinajstić information content (AvgIpc) is 1.47. The molecule has 21 N–H and O–H groups in total. The lowest BCUT2D eigenvalue weighted by molar-refractivity contribution is -0.149. The molecule has 15 atom stereocenters. The van der Waals surface area contributed by atoms with Gasteiger partial charge in [0.15, 0.2) is 0 Å². The van der Waals surface area contributed by atoms with Gasteiger partial charge in [-0.25, -0.2) is 4.98 Å². The molecule has 43 heteroatoms. The molecule has 712 valence electrons. The Hall–Kier alpha value is -13.6. The van der Waals surface area contributed by atoms with Crippen molar-refractivity contribution >= 4 is 140 Å². The molecule has 9 rings (SSSR count). The lowest BCUT2D eigenvalue weighted by Crippen LogP contribution is -2.61. The van der Waals surface area contributed by atoms with Gasteiger partial charge in [-0.15, -0.1) is 11.8 Å². The molecule has 3 aliphatic heterocycles. The minimum absolute atomic E-state index is 0.00387. The number of benzene rings is 4. The fourth-order valence-corrected chi connectivity index (χ4v) is 17.0. The summed E-state index contributed by atoms with van der Waals surface area (Å²) >= 11 is 0.772. The Kier molecular flexibility index (Phi) is 37.4. The van der Waals surface area contributed by atoms with Gasteiger partial charge in [-0.1, -0.05) is 112 Å². The predicted octanol–water partition coefficient (Wildman–Crippen LogP) is -3.28. The number of imidazole rings is 1. The van der Waals surface area contributed by atoms with Gasteiger partial charge in [0, 0.05) is 108 Å². The van der Waals surface area contributed by atoms with Crippen LogP contribution in [0.15, 0.2) is 110 Å². The van der Waals surface area contributed by atoms with Crippen molar-refractivity contribution in [2.24, 2.45) is 17.2 Å². The second-order valence-corrected chi connectivity index (χ2v) is 34.3. The van der Waals surface area contributed by atoms with Gasteiger partial charge >= 0.3 is 0 Å². The van der Waals surface area contributed by atoms with Gasteiger partial charge in [0.1, 0.15) is 90.3 Å². The number of nitrogens with two attached hydrogens (primary N) is 3. The predicted molar refractivity (Wildman–Crippen MR) is 481 cm³/mol. The van der Waals surface area contributed by atoms with Crippen LogP contribution in [0.25, 0.3) is 21.7 Å². The SMILES string of the molecule is CCCC[C@H]1C(=O)N(C)[C@@H](CCCC)C(=O)N[C@@H](C)C(=O)N[C@H](C(=O)NCC(N)=O)CSCC(=O)N[C@@H](Cc2ccc(O)cc2)C(=O)N(C)[C@@H](C)C(=O)N[C@@H](CC(N)=O)C(=O)N2CCC[C@H]2C(=O)N[C@@H](Cc2cnc[nH]2)C(=O)N[C@@H](CCC(N)=O)C(=O)N2C[C@H](O)C[C@H]2C(=O)N[C@@H](Cc2c[nH]c3ccccc23)C(=O)N[C@@H](CO)C(=O)N[C@@H](Cc2cccc3ccccc23)C(=O)N1C. The molecule has 18 amide bonds. The smallest absolute Gasteiger partial charge is 0.246 e. The highest BCUT2D eigenvalue weighted by Gasteiger charge is 2.47. The van der Waals surface area contributed by atoms with Crippen molar-refractivity contribution in [2.75, 3.05) is 58.9 Å². The number of nitrogens with zero attached hydrogens (tertiary/aromatic N) is 6. The number of aliphatic hydroxyl groups is 2. The number of aromatic amines is 2. The molecule has 0 saturated carbocycles.